The molecule has 1 aliphatic rings. The molecule has 0 fully saturated rings. The fraction of sp³-hybridized carbons (Fsp3) is 0.0952. The van der Waals surface area contributed by atoms with Crippen LogP contribution in [0.3, 0.4) is 0 Å². The molecule has 8 heteroatoms. The molecule has 4 aromatic rings. The minimum absolute atomic E-state index is 0.0269. The predicted octanol–water partition coefficient (Wildman–Crippen LogP) is 4.29. The fourth-order valence-electron chi connectivity index (χ4n) is 3.24. The molecule has 6 nitrogen and oxygen atoms in total. The first-order valence-corrected chi connectivity index (χ1v) is 10.9. The largest absolute Gasteiger partial charge is 0.326 e. The van der Waals surface area contributed by atoms with Crippen LogP contribution in [0.2, 0.25) is 0 Å². The molecular formula is C21H16N4O2S2. The topological polar surface area (TPSA) is 75.5 Å². The van der Waals surface area contributed by atoms with Crippen LogP contribution in [0.4, 0.5) is 11.4 Å². The van der Waals surface area contributed by atoms with Gasteiger partial charge in [-0.05, 0) is 18.2 Å². The lowest BCUT2D eigenvalue weighted by atomic mass is 10.2. The molecule has 0 saturated carbocycles. The summed E-state index contributed by atoms with van der Waals surface area (Å²) in [5.74, 6) is 0.276. The molecule has 144 valence electrons. The molecule has 1 aliphatic heterocycles. The van der Waals surface area contributed by atoms with Crippen molar-refractivity contribution in [3.05, 3.63) is 65.8 Å². The van der Waals surface area contributed by atoms with Gasteiger partial charge in [0, 0.05) is 33.4 Å². The van der Waals surface area contributed by atoms with Gasteiger partial charge in [-0.25, -0.2) is 4.98 Å². The molecule has 0 unspecified atom stereocenters. The number of anilines is 2. The number of thiazole rings is 1. The van der Waals surface area contributed by atoms with Crippen molar-refractivity contribution in [3.63, 3.8) is 0 Å². The molecule has 5 rings (SSSR count). The van der Waals surface area contributed by atoms with E-state index in [1.54, 1.807) is 6.07 Å². The second kappa shape index (κ2) is 7.38. The monoisotopic (exact) mass is 420 g/mol. The van der Waals surface area contributed by atoms with Gasteiger partial charge in [-0.2, -0.15) is 0 Å². The molecule has 0 aliphatic carbocycles. The van der Waals surface area contributed by atoms with Crippen molar-refractivity contribution >= 4 is 51.2 Å². The first-order valence-electron chi connectivity index (χ1n) is 9.03. The predicted molar refractivity (Wildman–Crippen MR) is 117 cm³/mol. The van der Waals surface area contributed by atoms with E-state index in [1.807, 2.05) is 58.4 Å². The van der Waals surface area contributed by atoms with Crippen LogP contribution in [0.5, 0.6) is 0 Å². The van der Waals surface area contributed by atoms with Crippen LogP contribution in [0.1, 0.15) is 5.69 Å². The second-order valence-corrected chi connectivity index (χ2v) is 8.50. The molecule has 3 heterocycles. The van der Waals surface area contributed by atoms with E-state index in [2.05, 4.69) is 15.6 Å². The lowest BCUT2D eigenvalue weighted by molar-refractivity contribution is -0.115. The normalized spacial score (nSPS) is 13.2. The highest BCUT2D eigenvalue weighted by Crippen LogP contribution is 2.33. The number of nitrogens with zero attached hydrogens (tertiary/aromatic N) is 2. The molecule has 29 heavy (non-hydrogen) atoms. The van der Waals surface area contributed by atoms with Gasteiger partial charge >= 0.3 is 0 Å². The van der Waals surface area contributed by atoms with Gasteiger partial charge in [-0.3, -0.25) is 14.0 Å². The van der Waals surface area contributed by atoms with Gasteiger partial charge in [0.05, 0.1) is 23.6 Å². The zero-order valence-electron chi connectivity index (χ0n) is 15.2. The van der Waals surface area contributed by atoms with E-state index in [0.29, 0.717) is 11.4 Å². The quantitative estimate of drug-likeness (QED) is 0.517. The number of carbonyl (C=O) groups excluding carboxylic acids is 2. The Labute approximate surface area is 175 Å². The number of imidazole rings is 1. The lowest BCUT2D eigenvalue weighted by Gasteiger charge is -2.17. The van der Waals surface area contributed by atoms with E-state index < -0.39 is 0 Å². The molecule has 0 atom stereocenters. The molecule has 0 radical (unpaired) electrons. The van der Waals surface area contributed by atoms with E-state index in [9.17, 15) is 9.59 Å². The Bertz CT molecular complexity index is 1230. The van der Waals surface area contributed by atoms with E-state index >= 15 is 0 Å². The van der Waals surface area contributed by atoms with Crippen LogP contribution in [-0.4, -0.2) is 27.0 Å². The van der Waals surface area contributed by atoms with Crippen LogP contribution < -0.4 is 10.6 Å². The molecule has 2 aromatic carbocycles. The smallest absolute Gasteiger partial charge is 0.234 e. The number of nitrogens with one attached hydrogen (secondary N) is 2. The zero-order valence-corrected chi connectivity index (χ0v) is 16.8. The minimum Gasteiger partial charge on any atom is -0.326 e. The number of aromatic nitrogens is 2. The van der Waals surface area contributed by atoms with Gasteiger partial charge in [-0.1, -0.05) is 30.3 Å². The summed E-state index contributed by atoms with van der Waals surface area (Å²) in [4.78, 5) is 30.7. The van der Waals surface area contributed by atoms with Crippen LogP contribution in [0, 0.1) is 0 Å². The maximum absolute atomic E-state index is 12.6. The highest BCUT2D eigenvalue weighted by molar-refractivity contribution is 8.00. The highest BCUT2D eigenvalue weighted by atomic mass is 32.2. The molecule has 0 bridgehead atoms. The third-order valence-electron chi connectivity index (χ3n) is 4.59. The number of carbonyl (C=O) groups is 2. The minimum atomic E-state index is -0.116. The Morgan fingerprint density at radius 1 is 1.21 bits per heavy atom. The van der Waals surface area contributed by atoms with Gasteiger partial charge in [0.2, 0.25) is 11.8 Å². The summed E-state index contributed by atoms with van der Waals surface area (Å²) >= 11 is 3.01. The van der Waals surface area contributed by atoms with Gasteiger partial charge in [0.1, 0.15) is 0 Å². The first-order chi connectivity index (χ1) is 14.2. The number of rotatable bonds is 4. The zero-order chi connectivity index (χ0) is 19.8. The molecule has 2 N–H and O–H groups in total. The summed E-state index contributed by atoms with van der Waals surface area (Å²) in [7, 11) is 0. The molecule has 2 amide bonds. The van der Waals surface area contributed by atoms with Crippen molar-refractivity contribution in [2.75, 3.05) is 16.4 Å². The van der Waals surface area contributed by atoms with E-state index in [4.69, 9.17) is 0 Å². The summed E-state index contributed by atoms with van der Waals surface area (Å²) in [5.41, 5.74) is 4.23. The third-order valence-corrected chi connectivity index (χ3v) is 6.55. The van der Waals surface area contributed by atoms with Crippen LogP contribution in [-0.2, 0) is 16.0 Å². The fourth-order valence-corrected chi connectivity index (χ4v) is 4.90. The van der Waals surface area contributed by atoms with Crippen molar-refractivity contribution in [3.8, 4) is 11.3 Å². The molecule has 0 saturated heterocycles. The molecule has 0 spiro atoms. The van der Waals surface area contributed by atoms with E-state index in [-0.39, 0.29) is 18.2 Å². The van der Waals surface area contributed by atoms with Crippen LogP contribution >= 0.6 is 23.1 Å². The standard InChI is InChI=1S/C21H16N4O2S2/c26-19(22-14-6-7-18-16(8-14)23-20(27)12-28-18)9-15-11-29-21-24-17(10-25(15)21)13-4-2-1-3-5-13/h1-8,10-11H,9,12H2,(H,22,26)(H,23,27). The Morgan fingerprint density at radius 2 is 2.07 bits per heavy atom. The van der Waals surface area contributed by atoms with E-state index in [0.717, 1.165) is 32.5 Å². The summed E-state index contributed by atoms with van der Waals surface area (Å²) in [6, 6.07) is 15.5. The highest BCUT2D eigenvalue weighted by Gasteiger charge is 2.17. The average molecular weight is 421 g/mol. The van der Waals surface area contributed by atoms with Gasteiger partial charge < -0.3 is 10.6 Å². The van der Waals surface area contributed by atoms with Crippen molar-refractivity contribution in [2.24, 2.45) is 0 Å². The number of amides is 2. The molecule has 2 aromatic heterocycles. The number of hydrogen-bond acceptors (Lipinski definition) is 5. The van der Waals surface area contributed by atoms with Crippen molar-refractivity contribution < 1.29 is 9.59 Å². The first kappa shape index (κ1) is 18.0. The van der Waals surface area contributed by atoms with Crippen LogP contribution in [0.25, 0.3) is 16.2 Å². The second-order valence-electron chi connectivity index (χ2n) is 6.64. The lowest BCUT2D eigenvalue weighted by Crippen LogP contribution is -2.19. The Balaban J connectivity index is 1.33. The summed E-state index contributed by atoms with van der Waals surface area (Å²) < 4.78 is 1.97. The number of benzene rings is 2. The summed E-state index contributed by atoms with van der Waals surface area (Å²) in [6.07, 6.45) is 2.21. The summed E-state index contributed by atoms with van der Waals surface area (Å²) in [6.45, 7) is 0. The van der Waals surface area contributed by atoms with Crippen molar-refractivity contribution in [1.82, 2.24) is 9.38 Å². The van der Waals surface area contributed by atoms with Crippen LogP contribution in [0.15, 0.2) is 65.0 Å². The average Bonchev–Trinajstić information content (AvgIpc) is 3.30. The Kier molecular flexibility index (Phi) is 4.57. The number of fused-ring (bicyclic) bond motifs is 2. The van der Waals surface area contributed by atoms with Gasteiger partial charge in [-0.15, -0.1) is 23.1 Å². The Morgan fingerprint density at radius 3 is 2.93 bits per heavy atom. The maximum Gasteiger partial charge on any atom is 0.234 e. The summed E-state index contributed by atoms with van der Waals surface area (Å²) in [5, 5.41) is 7.72. The number of thioether (sulfide) groups is 1. The SMILES string of the molecule is O=C(Cc1csc2nc(-c3ccccc3)cn12)Nc1ccc2c(c1)NC(=O)CS2. The number of hydrogen-bond donors (Lipinski definition) is 2. The third kappa shape index (κ3) is 3.64. The van der Waals surface area contributed by atoms with Gasteiger partial charge in [0.15, 0.2) is 4.96 Å². The van der Waals surface area contributed by atoms with Crippen molar-refractivity contribution in [1.29, 1.82) is 0 Å². The maximum atomic E-state index is 12.6. The van der Waals surface area contributed by atoms with Gasteiger partial charge in [0.25, 0.3) is 0 Å². The Hall–Kier alpha value is -3.10. The van der Waals surface area contributed by atoms with Crippen molar-refractivity contribution in [2.45, 2.75) is 11.3 Å². The van der Waals surface area contributed by atoms with E-state index in [1.165, 1.54) is 23.1 Å². The molecular weight excluding hydrogens is 404 g/mol.